The first-order valence-electron chi connectivity index (χ1n) is 12.2. The van der Waals surface area contributed by atoms with Gasteiger partial charge in [0.2, 0.25) is 5.88 Å². The van der Waals surface area contributed by atoms with E-state index in [1.54, 1.807) is 0 Å². The average Bonchev–Trinajstić information content (AvgIpc) is 3.17. The van der Waals surface area contributed by atoms with Crippen LogP contribution < -0.4 is 9.64 Å². The van der Waals surface area contributed by atoms with E-state index in [0.717, 1.165) is 27.8 Å². The second kappa shape index (κ2) is 8.94. The number of hydrogen-bond acceptors (Lipinski definition) is 7. The Balaban J connectivity index is 1.44. The molecule has 188 valence electrons. The molecule has 37 heavy (non-hydrogen) atoms. The Morgan fingerprint density at radius 2 is 1.86 bits per heavy atom. The first-order valence-corrected chi connectivity index (χ1v) is 13.7. The fraction of sp³-hybridized carbons (Fsp3) is 0.333. The van der Waals surface area contributed by atoms with Crippen LogP contribution in [0.5, 0.6) is 5.88 Å². The summed E-state index contributed by atoms with van der Waals surface area (Å²) >= 11 is -1.46. The number of nitrogens with zero attached hydrogens (tertiary/aromatic N) is 5. The van der Waals surface area contributed by atoms with Gasteiger partial charge < -0.3 is 24.2 Å². The van der Waals surface area contributed by atoms with Crippen molar-refractivity contribution in [1.29, 1.82) is 5.26 Å². The summed E-state index contributed by atoms with van der Waals surface area (Å²) in [5.74, 6) is 1.02. The van der Waals surface area contributed by atoms with Crippen LogP contribution in [0.25, 0.3) is 11.1 Å². The molecule has 6 rings (SSSR count). The minimum atomic E-state index is -1.46. The third kappa shape index (κ3) is 3.69. The van der Waals surface area contributed by atoms with Gasteiger partial charge in [0.1, 0.15) is 12.1 Å². The highest BCUT2D eigenvalue weighted by Gasteiger charge is 2.49. The Kier molecular flexibility index (Phi) is 5.70. The highest BCUT2D eigenvalue weighted by molar-refractivity contribution is 7.90. The Labute approximate surface area is 217 Å². The summed E-state index contributed by atoms with van der Waals surface area (Å²) in [7, 11) is 0. The Bertz CT molecular complexity index is 1390. The average molecular weight is 516 g/mol. The van der Waals surface area contributed by atoms with Crippen molar-refractivity contribution in [2.45, 2.75) is 36.1 Å². The zero-order chi connectivity index (χ0) is 25.7. The van der Waals surface area contributed by atoms with Crippen LogP contribution in [-0.4, -0.2) is 62.6 Å². The maximum atomic E-state index is 12.6. The van der Waals surface area contributed by atoms with E-state index in [4.69, 9.17) is 4.74 Å². The van der Waals surface area contributed by atoms with Crippen LogP contribution in [0.4, 0.5) is 10.6 Å². The first-order chi connectivity index (χ1) is 17.9. The van der Waals surface area contributed by atoms with Gasteiger partial charge in [0.05, 0.1) is 24.1 Å². The molecule has 10 heteroatoms. The number of carboxylic acid groups (broad SMARTS) is 1. The maximum absolute atomic E-state index is 12.6. The number of aromatic nitrogens is 2. The number of rotatable bonds is 3. The van der Waals surface area contributed by atoms with Crippen LogP contribution in [0.2, 0.25) is 0 Å². The number of carbonyl (C=O) groups is 1. The van der Waals surface area contributed by atoms with Crippen LogP contribution in [0.15, 0.2) is 53.7 Å². The van der Waals surface area contributed by atoms with Crippen LogP contribution in [0.1, 0.15) is 29.5 Å². The van der Waals surface area contributed by atoms with Gasteiger partial charge in [-0.15, -0.1) is 4.98 Å². The summed E-state index contributed by atoms with van der Waals surface area (Å²) in [4.78, 5) is 24.3. The molecule has 3 heterocycles. The van der Waals surface area contributed by atoms with Gasteiger partial charge in [-0.3, -0.25) is 0 Å². The molecule has 2 aliphatic heterocycles. The van der Waals surface area contributed by atoms with Crippen molar-refractivity contribution in [3.8, 4) is 23.1 Å². The lowest BCUT2D eigenvalue weighted by atomic mass is 9.83. The van der Waals surface area contributed by atoms with Gasteiger partial charge in [0.15, 0.2) is 5.60 Å². The highest BCUT2D eigenvalue weighted by Crippen LogP contribution is 2.54. The van der Waals surface area contributed by atoms with Crippen molar-refractivity contribution in [3.05, 3.63) is 65.2 Å². The number of hydrogen-bond donors (Lipinski definition) is 1. The number of nitriles is 1. The van der Waals surface area contributed by atoms with Crippen LogP contribution in [0.3, 0.4) is 0 Å². The number of ether oxygens (including phenoxy) is 1. The Morgan fingerprint density at radius 1 is 1.19 bits per heavy atom. The van der Waals surface area contributed by atoms with E-state index in [1.165, 1.54) is 11.2 Å². The predicted octanol–water partition coefficient (Wildman–Crippen LogP) is 3.55. The van der Waals surface area contributed by atoms with Gasteiger partial charge in [-0.25, -0.2) is 4.79 Å². The van der Waals surface area contributed by atoms with E-state index < -0.39 is 28.9 Å². The SMILES string of the molecule is C[S+]([O-])c1nc2c(c(N3CCN(C(=O)O)[C@@H](CC#N)C3)n1)CCC1(O2)c2ccccc2-c2ccccc21. The number of fused-ring (bicyclic) bond motifs is 6. The summed E-state index contributed by atoms with van der Waals surface area (Å²) in [5.41, 5.74) is 4.57. The maximum Gasteiger partial charge on any atom is 0.407 e. The zero-order valence-corrected chi connectivity index (χ0v) is 21.1. The molecule has 3 aromatic rings. The van der Waals surface area contributed by atoms with Gasteiger partial charge in [0, 0.05) is 48.4 Å². The monoisotopic (exact) mass is 515 g/mol. The molecule has 1 fully saturated rings. The van der Waals surface area contributed by atoms with Crippen LogP contribution >= 0.6 is 0 Å². The lowest BCUT2D eigenvalue weighted by molar-refractivity contribution is 0.0812. The van der Waals surface area contributed by atoms with Crippen LogP contribution in [-0.2, 0) is 23.2 Å². The molecule has 1 aliphatic carbocycles. The lowest BCUT2D eigenvalue weighted by Gasteiger charge is -2.42. The molecule has 1 unspecified atom stereocenters. The molecular weight excluding hydrogens is 490 g/mol. The fourth-order valence-electron chi connectivity index (χ4n) is 5.89. The topological polar surface area (TPSA) is 126 Å². The molecule has 0 saturated carbocycles. The molecule has 1 amide bonds. The molecule has 1 spiro atoms. The van der Waals surface area contributed by atoms with E-state index in [2.05, 4.69) is 40.3 Å². The lowest BCUT2D eigenvalue weighted by Crippen LogP contribution is -2.55. The second-order valence-corrected chi connectivity index (χ2v) is 10.8. The summed E-state index contributed by atoms with van der Waals surface area (Å²) < 4.78 is 19.4. The molecule has 1 saturated heterocycles. The Hall–Kier alpha value is -3.81. The normalized spacial score (nSPS) is 19.9. The van der Waals surface area contributed by atoms with E-state index in [9.17, 15) is 19.7 Å². The number of benzene rings is 2. The van der Waals surface area contributed by atoms with Crippen molar-refractivity contribution in [2.24, 2.45) is 0 Å². The fourth-order valence-corrected chi connectivity index (χ4v) is 6.31. The van der Waals surface area contributed by atoms with Gasteiger partial charge >= 0.3 is 11.2 Å². The largest absolute Gasteiger partial charge is 0.609 e. The first kappa shape index (κ1) is 23.6. The molecule has 0 bridgehead atoms. The minimum absolute atomic E-state index is 0.0792. The quantitative estimate of drug-likeness (QED) is 0.415. The molecule has 1 N–H and O–H groups in total. The van der Waals surface area contributed by atoms with Crippen molar-refractivity contribution in [3.63, 3.8) is 0 Å². The molecule has 2 aromatic carbocycles. The Morgan fingerprint density at radius 3 is 2.49 bits per heavy atom. The van der Waals surface area contributed by atoms with E-state index in [-0.39, 0.29) is 18.1 Å². The van der Waals surface area contributed by atoms with E-state index in [0.29, 0.717) is 37.6 Å². The molecular formula is C27H25N5O4S. The summed E-state index contributed by atoms with van der Waals surface area (Å²) in [6, 6.07) is 18.1. The summed E-state index contributed by atoms with van der Waals surface area (Å²) in [6.07, 6.45) is 1.88. The molecule has 0 radical (unpaired) electrons. The predicted molar refractivity (Wildman–Crippen MR) is 137 cm³/mol. The van der Waals surface area contributed by atoms with E-state index >= 15 is 0 Å². The number of amides is 1. The second-order valence-electron chi connectivity index (χ2n) is 9.53. The van der Waals surface area contributed by atoms with Crippen molar-refractivity contribution in [2.75, 3.05) is 30.8 Å². The van der Waals surface area contributed by atoms with Gasteiger partial charge in [-0.05, 0) is 17.5 Å². The summed E-state index contributed by atoms with van der Waals surface area (Å²) in [5, 5.41) is 19.0. The summed E-state index contributed by atoms with van der Waals surface area (Å²) in [6.45, 7) is 0.969. The molecule has 2 atom stereocenters. The number of anilines is 1. The van der Waals surface area contributed by atoms with Crippen molar-refractivity contribution >= 4 is 23.1 Å². The van der Waals surface area contributed by atoms with Gasteiger partial charge in [0.25, 0.3) is 0 Å². The van der Waals surface area contributed by atoms with Crippen molar-refractivity contribution in [1.82, 2.24) is 14.9 Å². The molecule has 9 nitrogen and oxygen atoms in total. The third-order valence-electron chi connectivity index (χ3n) is 7.55. The smallest absolute Gasteiger partial charge is 0.407 e. The van der Waals surface area contributed by atoms with Crippen molar-refractivity contribution < 1.29 is 19.2 Å². The molecule has 1 aromatic heterocycles. The zero-order valence-electron chi connectivity index (χ0n) is 20.3. The minimum Gasteiger partial charge on any atom is -0.609 e. The third-order valence-corrected chi connectivity index (χ3v) is 8.25. The highest BCUT2D eigenvalue weighted by atomic mass is 32.2. The molecule has 3 aliphatic rings. The van der Waals surface area contributed by atoms with E-state index in [1.807, 2.05) is 29.2 Å². The standard InChI is InChI=1S/C27H25N5O4S/c1-37(35)25-29-23(31-14-15-32(26(33)34)17(16-31)11-13-28)20-10-12-27(36-24(20)30-25)21-8-4-2-6-18(21)19-7-3-5-9-22(19)27/h2-9,17H,10-12,14-16H2,1H3,(H,33,34)/t17-,37?/m0/s1. The number of piperazine rings is 1. The van der Waals surface area contributed by atoms with Gasteiger partial charge in [-0.2, -0.15) is 10.2 Å². The van der Waals surface area contributed by atoms with Crippen LogP contribution in [0, 0.1) is 11.3 Å². The van der Waals surface area contributed by atoms with Gasteiger partial charge in [-0.1, -0.05) is 48.5 Å².